The lowest BCUT2D eigenvalue weighted by Crippen LogP contribution is -2.18. The van der Waals surface area contributed by atoms with Crippen LogP contribution < -0.4 is 5.43 Å². The molecule has 2 heterocycles. The van der Waals surface area contributed by atoms with Crippen LogP contribution in [0.25, 0.3) is 21.9 Å². The lowest BCUT2D eigenvalue weighted by atomic mass is 10.1. The van der Waals surface area contributed by atoms with Crippen molar-refractivity contribution in [2.24, 2.45) is 0 Å². The van der Waals surface area contributed by atoms with Gasteiger partial charge in [0.25, 0.3) is 0 Å². The van der Waals surface area contributed by atoms with E-state index in [1.807, 2.05) is 24.3 Å². The Balaban J connectivity index is 2.29. The molecule has 0 amide bonds. The van der Waals surface area contributed by atoms with E-state index in [9.17, 15) is 9.59 Å². The number of nitrogens with one attached hydrogen (secondary N) is 1. The Bertz CT molecular complexity index is 868. The molecule has 0 unspecified atom stereocenters. The van der Waals surface area contributed by atoms with Gasteiger partial charge < -0.3 is 9.72 Å². The zero-order valence-corrected chi connectivity index (χ0v) is 10.8. The minimum absolute atomic E-state index is 0.00330. The number of carbonyl (C=O) groups is 1. The second kappa shape index (κ2) is 4.77. The van der Waals surface area contributed by atoms with Crippen molar-refractivity contribution in [3.05, 3.63) is 52.3 Å². The van der Waals surface area contributed by atoms with Gasteiger partial charge >= 0.3 is 5.97 Å². The number of para-hydroxylation sites is 1. The van der Waals surface area contributed by atoms with E-state index in [4.69, 9.17) is 4.74 Å². The normalized spacial score (nSPS) is 10.8. The van der Waals surface area contributed by atoms with Crippen LogP contribution in [0.2, 0.25) is 0 Å². The molecule has 5 heteroatoms. The quantitative estimate of drug-likeness (QED) is 0.571. The summed E-state index contributed by atoms with van der Waals surface area (Å²) in [6, 6.07) is 9.23. The Hall–Kier alpha value is -2.69. The fourth-order valence-electron chi connectivity index (χ4n) is 2.11. The highest BCUT2D eigenvalue weighted by molar-refractivity contribution is 5.96. The molecule has 100 valence electrons. The van der Waals surface area contributed by atoms with Crippen molar-refractivity contribution >= 4 is 27.9 Å². The van der Waals surface area contributed by atoms with Crippen molar-refractivity contribution < 1.29 is 9.53 Å². The third-order valence-electron chi connectivity index (χ3n) is 3.06. The maximum atomic E-state index is 12.3. The van der Waals surface area contributed by atoms with Gasteiger partial charge in [-0.3, -0.25) is 4.79 Å². The summed E-state index contributed by atoms with van der Waals surface area (Å²) in [5, 5.41) is 1.24. The van der Waals surface area contributed by atoms with E-state index in [0.29, 0.717) is 11.0 Å². The number of aromatic nitrogens is 2. The van der Waals surface area contributed by atoms with E-state index in [2.05, 4.69) is 9.97 Å². The average molecular weight is 268 g/mol. The van der Waals surface area contributed by atoms with Gasteiger partial charge in [0.2, 0.25) is 5.43 Å². The molecule has 3 aromatic rings. The average Bonchev–Trinajstić information content (AvgIpc) is 2.46. The lowest BCUT2D eigenvalue weighted by Gasteiger charge is -2.04. The second-order valence-corrected chi connectivity index (χ2v) is 4.33. The summed E-state index contributed by atoms with van der Waals surface area (Å²) in [4.78, 5) is 31.3. The van der Waals surface area contributed by atoms with E-state index in [1.165, 1.54) is 6.20 Å². The third kappa shape index (κ3) is 1.93. The first-order valence-corrected chi connectivity index (χ1v) is 6.29. The molecule has 0 saturated heterocycles. The van der Waals surface area contributed by atoms with Crippen molar-refractivity contribution in [1.82, 2.24) is 9.97 Å². The van der Waals surface area contributed by atoms with Gasteiger partial charge in [0, 0.05) is 11.6 Å². The maximum Gasteiger partial charge on any atom is 0.343 e. The van der Waals surface area contributed by atoms with E-state index < -0.39 is 5.97 Å². The van der Waals surface area contributed by atoms with Gasteiger partial charge in [-0.05, 0) is 19.1 Å². The number of hydrogen-bond acceptors (Lipinski definition) is 4. The van der Waals surface area contributed by atoms with Crippen LogP contribution in [0.1, 0.15) is 17.3 Å². The highest BCUT2D eigenvalue weighted by Gasteiger charge is 2.14. The summed E-state index contributed by atoms with van der Waals surface area (Å²) in [6.45, 7) is 1.93. The zero-order valence-electron chi connectivity index (χ0n) is 10.8. The Morgan fingerprint density at radius 2 is 2.15 bits per heavy atom. The fourth-order valence-corrected chi connectivity index (χ4v) is 2.11. The van der Waals surface area contributed by atoms with Crippen LogP contribution >= 0.6 is 0 Å². The molecule has 0 bridgehead atoms. The monoisotopic (exact) mass is 268 g/mol. The highest BCUT2D eigenvalue weighted by Crippen LogP contribution is 2.16. The Morgan fingerprint density at radius 1 is 1.35 bits per heavy atom. The van der Waals surface area contributed by atoms with Crippen molar-refractivity contribution in [3.8, 4) is 0 Å². The number of nitrogens with zero attached hydrogens (tertiary/aromatic N) is 1. The van der Waals surface area contributed by atoms with E-state index >= 15 is 0 Å². The largest absolute Gasteiger partial charge is 0.462 e. The van der Waals surface area contributed by atoms with Gasteiger partial charge in [0.15, 0.2) is 0 Å². The number of rotatable bonds is 2. The summed E-state index contributed by atoms with van der Waals surface area (Å²) in [7, 11) is 0. The van der Waals surface area contributed by atoms with Gasteiger partial charge in [-0.1, -0.05) is 18.2 Å². The topological polar surface area (TPSA) is 72.1 Å². The Kier molecular flexibility index (Phi) is 2.95. The van der Waals surface area contributed by atoms with Crippen LogP contribution in [-0.4, -0.2) is 22.5 Å². The molecular weight excluding hydrogens is 256 g/mol. The van der Waals surface area contributed by atoms with Gasteiger partial charge in [0.05, 0.1) is 17.5 Å². The van der Waals surface area contributed by atoms with E-state index in [-0.39, 0.29) is 17.6 Å². The van der Waals surface area contributed by atoms with Crippen molar-refractivity contribution in [3.63, 3.8) is 0 Å². The number of benzene rings is 1. The van der Waals surface area contributed by atoms with Crippen molar-refractivity contribution in [2.45, 2.75) is 6.92 Å². The molecule has 1 aromatic carbocycles. The predicted octanol–water partition coefficient (Wildman–Crippen LogP) is 2.25. The molecular formula is C15H12N2O3. The molecule has 0 fully saturated rings. The molecule has 2 aromatic heterocycles. The summed E-state index contributed by atoms with van der Waals surface area (Å²) in [6.07, 6.45) is 1.35. The number of esters is 1. The summed E-state index contributed by atoms with van der Waals surface area (Å²) in [5.74, 6) is -0.621. The first-order valence-electron chi connectivity index (χ1n) is 6.29. The lowest BCUT2D eigenvalue weighted by molar-refractivity contribution is 0.0524. The minimum Gasteiger partial charge on any atom is -0.462 e. The molecule has 0 aliphatic carbocycles. The maximum absolute atomic E-state index is 12.3. The Labute approximate surface area is 114 Å². The fraction of sp³-hybridized carbons (Fsp3) is 0.133. The van der Waals surface area contributed by atoms with E-state index in [0.717, 1.165) is 10.9 Å². The summed E-state index contributed by atoms with van der Waals surface area (Å²) >= 11 is 0. The molecule has 20 heavy (non-hydrogen) atoms. The van der Waals surface area contributed by atoms with Gasteiger partial charge in [0.1, 0.15) is 11.2 Å². The van der Waals surface area contributed by atoms with Crippen LogP contribution in [0.15, 0.2) is 41.3 Å². The molecule has 3 rings (SSSR count). The number of carbonyl (C=O) groups excluding carboxylic acids is 1. The summed E-state index contributed by atoms with van der Waals surface area (Å²) < 4.78 is 4.87. The predicted molar refractivity (Wildman–Crippen MR) is 75.8 cm³/mol. The molecule has 0 aliphatic rings. The molecule has 0 atom stereocenters. The van der Waals surface area contributed by atoms with Gasteiger partial charge in [-0.2, -0.15) is 0 Å². The number of pyridine rings is 2. The second-order valence-electron chi connectivity index (χ2n) is 4.33. The van der Waals surface area contributed by atoms with Crippen LogP contribution in [0.5, 0.6) is 0 Å². The van der Waals surface area contributed by atoms with Crippen LogP contribution in [0.3, 0.4) is 0 Å². The number of ether oxygens (including phenoxy) is 1. The van der Waals surface area contributed by atoms with Crippen LogP contribution in [0, 0.1) is 0 Å². The SMILES string of the molecule is CCOC(=O)c1c[nH]c2nc3ccccc3cc2c1=O. The van der Waals surface area contributed by atoms with Crippen molar-refractivity contribution in [1.29, 1.82) is 0 Å². The molecule has 0 aliphatic heterocycles. The first kappa shape index (κ1) is 12.3. The van der Waals surface area contributed by atoms with Crippen molar-refractivity contribution in [2.75, 3.05) is 6.61 Å². The molecule has 1 N–H and O–H groups in total. The molecule has 0 radical (unpaired) electrons. The molecule has 0 spiro atoms. The minimum atomic E-state index is -0.621. The molecule has 5 nitrogen and oxygen atoms in total. The number of fused-ring (bicyclic) bond motifs is 2. The van der Waals surface area contributed by atoms with Crippen LogP contribution in [-0.2, 0) is 4.74 Å². The standard InChI is InChI=1S/C15H12N2O3/c1-2-20-15(19)11-8-16-14-10(13(11)18)7-9-5-3-4-6-12(9)17-14/h3-8H,2H2,1H3,(H,16,17,18). The smallest absolute Gasteiger partial charge is 0.343 e. The van der Waals surface area contributed by atoms with Gasteiger partial charge in [-0.15, -0.1) is 0 Å². The molecule has 0 saturated carbocycles. The highest BCUT2D eigenvalue weighted by atomic mass is 16.5. The number of hydrogen-bond donors (Lipinski definition) is 1. The number of aromatic amines is 1. The zero-order chi connectivity index (χ0) is 14.1. The third-order valence-corrected chi connectivity index (χ3v) is 3.06. The van der Waals surface area contributed by atoms with Crippen LogP contribution in [0.4, 0.5) is 0 Å². The van der Waals surface area contributed by atoms with E-state index in [1.54, 1.807) is 13.0 Å². The summed E-state index contributed by atoms with van der Waals surface area (Å²) in [5.41, 5.74) is 0.883. The Morgan fingerprint density at radius 3 is 2.95 bits per heavy atom. The number of H-pyrrole nitrogens is 1. The van der Waals surface area contributed by atoms with Gasteiger partial charge in [-0.25, -0.2) is 9.78 Å². The first-order chi connectivity index (χ1) is 9.70.